The molecule has 1 heterocycles. The lowest BCUT2D eigenvalue weighted by atomic mass is 9.99. The lowest BCUT2D eigenvalue weighted by Gasteiger charge is -2.07. The van der Waals surface area contributed by atoms with Crippen LogP contribution < -0.4 is 5.14 Å². The zero-order valence-corrected chi connectivity index (χ0v) is 13.5. The van der Waals surface area contributed by atoms with Crippen molar-refractivity contribution in [2.45, 2.75) is 11.8 Å². The summed E-state index contributed by atoms with van der Waals surface area (Å²) >= 11 is 0. The second kappa shape index (κ2) is 6.44. The summed E-state index contributed by atoms with van der Waals surface area (Å²) in [5.74, 6) is 0.149. The molecule has 0 aliphatic rings. The molecular weight excluding hydrogens is 332 g/mol. The Morgan fingerprint density at radius 2 is 1.75 bits per heavy atom. The van der Waals surface area contributed by atoms with Crippen molar-refractivity contribution in [3.05, 3.63) is 54.3 Å². The van der Waals surface area contributed by atoms with Crippen molar-refractivity contribution >= 4 is 10.0 Å². The quantitative estimate of drug-likeness (QED) is 0.743. The summed E-state index contributed by atoms with van der Waals surface area (Å²) in [6.07, 6.45) is 0. The smallest absolute Gasteiger partial charge is 0.241 e. The molecule has 126 valence electrons. The van der Waals surface area contributed by atoms with Gasteiger partial charge in [-0.05, 0) is 24.6 Å². The highest BCUT2D eigenvalue weighted by molar-refractivity contribution is 7.89. The highest BCUT2D eigenvalue weighted by Gasteiger charge is 2.20. The molecule has 0 unspecified atom stereocenters. The molecule has 3 aromatic rings. The number of rotatable bonds is 3. The molecule has 0 atom stereocenters. The van der Waals surface area contributed by atoms with Crippen LogP contribution in [0.15, 0.2) is 57.9 Å². The van der Waals surface area contributed by atoms with E-state index in [1.807, 2.05) is 30.3 Å². The summed E-state index contributed by atoms with van der Waals surface area (Å²) in [6.45, 7) is 1.75. The summed E-state index contributed by atoms with van der Waals surface area (Å²) in [7, 11) is -3.98. The number of primary sulfonamides is 1. The third kappa shape index (κ3) is 3.16. The first-order chi connectivity index (χ1) is 10.9. The summed E-state index contributed by atoms with van der Waals surface area (Å²) in [4.78, 5) is -0.323. The van der Waals surface area contributed by atoms with E-state index < -0.39 is 15.8 Å². The van der Waals surface area contributed by atoms with Crippen molar-refractivity contribution in [2.24, 2.45) is 5.14 Å². The van der Waals surface area contributed by atoms with Gasteiger partial charge in [-0.25, -0.2) is 13.6 Å². The van der Waals surface area contributed by atoms with E-state index in [0.717, 1.165) is 5.56 Å². The number of hydrogen-bond acceptors (Lipinski definition) is 5. The van der Waals surface area contributed by atoms with Crippen LogP contribution in [0.3, 0.4) is 0 Å². The number of aromatic hydroxyl groups is 1. The number of phenols is 1. The Balaban J connectivity index is 0.00000208. The highest BCUT2D eigenvalue weighted by Crippen LogP contribution is 2.36. The fraction of sp³-hybridized carbons (Fsp3) is 0.0625. The van der Waals surface area contributed by atoms with Crippen molar-refractivity contribution in [3.8, 4) is 28.1 Å². The van der Waals surface area contributed by atoms with Gasteiger partial charge < -0.3 is 15.1 Å². The highest BCUT2D eigenvalue weighted by atomic mass is 32.2. The van der Waals surface area contributed by atoms with E-state index in [-0.39, 0.29) is 10.4 Å². The van der Waals surface area contributed by atoms with E-state index in [0.29, 0.717) is 22.6 Å². The average Bonchev–Trinajstić information content (AvgIpc) is 2.88. The van der Waals surface area contributed by atoms with Crippen LogP contribution in [-0.4, -0.2) is 24.2 Å². The molecule has 0 aliphatic carbocycles. The van der Waals surface area contributed by atoms with Crippen LogP contribution in [0.25, 0.3) is 22.4 Å². The van der Waals surface area contributed by atoms with Crippen LogP contribution in [0.1, 0.15) is 5.76 Å². The predicted octanol–water partition coefficient (Wildman–Crippen LogP) is 1.85. The van der Waals surface area contributed by atoms with Gasteiger partial charge in [0.1, 0.15) is 22.1 Å². The average molecular weight is 348 g/mol. The maximum Gasteiger partial charge on any atom is 0.241 e. The lowest BCUT2D eigenvalue weighted by Crippen LogP contribution is -2.12. The second-order valence-corrected chi connectivity index (χ2v) is 6.59. The molecule has 7 nitrogen and oxygen atoms in total. The Kier molecular flexibility index (Phi) is 4.74. The largest absolute Gasteiger partial charge is 0.507 e. The van der Waals surface area contributed by atoms with Gasteiger partial charge in [0.2, 0.25) is 10.0 Å². The Hall–Kier alpha value is -2.68. The SMILES string of the molecule is Cc1onc(-c2ccccc2)c1-c1ccc(S(N)(=O)=O)c(O)c1.O. The van der Waals surface area contributed by atoms with Crippen LogP contribution in [0, 0.1) is 6.92 Å². The number of benzene rings is 2. The van der Waals surface area contributed by atoms with Gasteiger partial charge >= 0.3 is 0 Å². The van der Waals surface area contributed by atoms with Crippen molar-refractivity contribution < 1.29 is 23.5 Å². The second-order valence-electron chi connectivity index (χ2n) is 5.06. The van der Waals surface area contributed by atoms with E-state index in [1.165, 1.54) is 12.1 Å². The molecule has 0 saturated carbocycles. The van der Waals surface area contributed by atoms with Gasteiger partial charge in [0, 0.05) is 5.56 Å². The number of nitrogens with two attached hydrogens (primary N) is 1. The minimum atomic E-state index is -3.98. The number of aryl methyl sites for hydroxylation is 1. The van der Waals surface area contributed by atoms with Gasteiger partial charge in [0.25, 0.3) is 0 Å². The van der Waals surface area contributed by atoms with Crippen molar-refractivity contribution in [1.29, 1.82) is 0 Å². The van der Waals surface area contributed by atoms with Gasteiger partial charge in [0.15, 0.2) is 0 Å². The normalized spacial score (nSPS) is 11.1. The van der Waals surface area contributed by atoms with E-state index >= 15 is 0 Å². The molecule has 8 heteroatoms. The topological polar surface area (TPSA) is 138 Å². The molecule has 0 fully saturated rings. The minimum absolute atomic E-state index is 0. The first-order valence-corrected chi connectivity index (χ1v) is 8.30. The first kappa shape index (κ1) is 17.7. The molecule has 0 amide bonds. The molecule has 0 bridgehead atoms. The fourth-order valence-electron chi connectivity index (χ4n) is 2.42. The molecular formula is C16H16N2O5S. The molecule has 1 aromatic heterocycles. The zero-order chi connectivity index (χ0) is 16.6. The molecule has 0 aliphatic heterocycles. The molecule has 0 spiro atoms. The maximum atomic E-state index is 11.4. The fourth-order valence-corrected chi connectivity index (χ4v) is 3.03. The molecule has 2 aromatic carbocycles. The predicted molar refractivity (Wildman–Crippen MR) is 88.8 cm³/mol. The van der Waals surface area contributed by atoms with Gasteiger partial charge in [-0.15, -0.1) is 0 Å². The summed E-state index contributed by atoms with van der Waals surface area (Å²) in [5.41, 5.74) is 2.75. The summed E-state index contributed by atoms with van der Waals surface area (Å²) in [5, 5.41) is 19.1. The Morgan fingerprint density at radius 1 is 1.08 bits per heavy atom. The monoisotopic (exact) mass is 348 g/mol. The van der Waals surface area contributed by atoms with E-state index in [1.54, 1.807) is 13.0 Å². The number of aromatic nitrogens is 1. The van der Waals surface area contributed by atoms with Crippen molar-refractivity contribution in [2.75, 3.05) is 0 Å². The van der Waals surface area contributed by atoms with Crippen LogP contribution in [0.4, 0.5) is 0 Å². The standard InChI is InChI=1S/C16H14N2O4S.H2O/c1-10-15(16(18-22-10)11-5-3-2-4-6-11)12-7-8-14(13(19)9-12)23(17,20)21;/h2-9,19H,1H3,(H2,17,20,21);1H2. The van der Waals surface area contributed by atoms with E-state index in [2.05, 4.69) is 5.16 Å². The molecule has 0 saturated heterocycles. The third-order valence-electron chi connectivity index (χ3n) is 3.46. The molecule has 24 heavy (non-hydrogen) atoms. The Bertz CT molecular complexity index is 965. The van der Waals surface area contributed by atoms with Crippen molar-refractivity contribution in [1.82, 2.24) is 5.16 Å². The van der Waals surface area contributed by atoms with E-state index in [9.17, 15) is 13.5 Å². The number of nitrogens with zero attached hydrogens (tertiary/aromatic N) is 1. The van der Waals surface area contributed by atoms with Gasteiger partial charge in [-0.1, -0.05) is 41.6 Å². The van der Waals surface area contributed by atoms with Crippen LogP contribution in [0.2, 0.25) is 0 Å². The number of sulfonamides is 1. The van der Waals surface area contributed by atoms with Gasteiger partial charge in [-0.2, -0.15) is 0 Å². The summed E-state index contributed by atoms with van der Waals surface area (Å²) in [6, 6.07) is 13.6. The van der Waals surface area contributed by atoms with Crippen LogP contribution >= 0.6 is 0 Å². The van der Waals surface area contributed by atoms with Gasteiger partial charge in [-0.3, -0.25) is 0 Å². The van der Waals surface area contributed by atoms with Crippen LogP contribution in [-0.2, 0) is 10.0 Å². The Labute approximate surface area is 138 Å². The van der Waals surface area contributed by atoms with E-state index in [4.69, 9.17) is 9.66 Å². The first-order valence-electron chi connectivity index (χ1n) is 6.76. The van der Waals surface area contributed by atoms with Crippen molar-refractivity contribution in [3.63, 3.8) is 0 Å². The molecule has 5 N–H and O–H groups in total. The zero-order valence-electron chi connectivity index (χ0n) is 12.7. The number of phenolic OH excluding ortho intramolecular Hbond substituents is 1. The lowest BCUT2D eigenvalue weighted by molar-refractivity contribution is 0.400. The Morgan fingerprint density at radius 3 is 2.33 bits per heavy atom. The van der Waals surface area contributed by atoms with Gasteiger partial charge in [0.05, 0.1) is 5.56 Å². The van der Waals surface area contributed by atoms with Crippen LogP contribution in [0.5, 0.6) is 5.75 Å². The molecule has 0 radical (unpaired) electrons. The molecule has 3 rings (SSSR count). The third-order valence-corrected chi connectivity index (χ3v) is 4.42. The summed E-state index contributed by atoms with van der Waals surface area (Å²) < 4.78 is 28.1. The maximum absolute atomic E-state index is 11.4. The minimum Gasteiger partial charge on any atom is -0.507 e. The number of hydrogen-bond donors (Lipinski definition) is 2.